The van der Waals surface area contributed by atoms with Crippen molar-refractivity contribution < 1.29 is 14.6 Å². The first kappa shape index (κ1) is 11.9. The standard InChI is InChI=1S/C15H18O3/c16-12-7-4-8-14-15(12,18-14)13(17)10-9-11-5-2-1-3-6-11/h1-3,5-6,13-14,17H,4,7-10H2/t13-,14-,15-/m1/s1. The monoisotopic (exact) mass is 246 g/mol. The summed E-state index contributed by atoms with van der Waals surface area (Å²) in [6, 6.07) is 10.0. The highest BCUT2D eigenvalue weighted by atomic mass is 16.6. The van der Waals surface area contributed by atoms with Gasteiger partial charge in [0.25, 0.3) is 0 Å². The van der Waals surface area contributed by atoms with Crippen molar-refractivity contribution in [3.8, 4) is 0 Å². The van der Waals surface area contributed by atoms with Gasteiger partial charge in [-0.25, -0.2) is 0 Å². The van der Waals surface area contributed by atoms with Gasteiger partial charge in [-0.2, -0.15) is 0 Å². The van der Waals surface area contributed by atoms with Crippen LogP contribution in [0, 0.1) is 0 Å². The van der Waals surface area contributed by atoms with Crippen LogP contribution in [0.1, 0.15) is 31.2 Å². The first-order valence-electron chi connectivity index (χ1n) is 6.66. The Hall–Kier alpha value is -1.19. The van der Waals surface area contributed by atoms with Crippen LogP contribution in [-0.4, -0.2) is 28.7 Å². The van der Waals surface area contributed by atoms with Crippen LogP contribution in [0.2, 0.25) is 0 Å². The van der Waals surface area contributed by atoms with Gasteiger partial charge in [0, 0.05) is 6.42 Å². The van der Waals surface area contributed by atoms with Crippen molar-refractivity contribution in [1.82, 2.24) is 0 Å². The fourth-order valence-electron chi connectivity index (χ4n) is 3.00. The lowest BCUT2D eigenvalue weighted by atomic mass is 9.82. The van der Waals surface area contributed by atoms with Gasteiger partial charge in [-0.15, -0.1) is 0 Å². The summed E-state index contributed by atoms with van der Waals surface area (Å²) in [5.41, 5.74) is 0.348. The summed E-state index contributed by atoms with van der Waals surface area (Å²) in [7, 11) is 0. The molecule has 0 spiro atoms. The van der Waals surface area contributed by atoms with Crippen molar-refractivity contribution in [3.05, 3.63) is 35.9 Å². The van der Waals surface area contributed by atoms with E-state index in [1.54, 1.807) is 0 Å². The Bertz CT molecular complexity index is 442. The highest BCUT2D eigenvalue weighted by molar-refractivity contribution is 5.92. The molecular weight excluding hydrogens is 228 g/mol. The van der Waals surface area contributed by atoms with Crippen LogP contribution in [0.3, 0.4) is 0 Å². The Morgan fingerprint density at radius 1 is 1.39 bits per heavy atom. The molecule has 1 aliphatic carbocycles. The molecule has 1 aromatic carbocycles. The van der Waals surface area contributed by atoms with Gasteiger partial charge in [-0.05, 0) is 31.2 Å². The average Bonchev–Trinajstić information content (AvgIpc) is 3.14. The molecule has 0 bridgehead atoms. The third-order valence-corrected chi connectivity index (χ3v) is 4.11. The van der Waals surface area contributed by atoms with Crippen LogP contribution >= 0.6 is 0 Å². The molecule has 1 aliphatic heterocycles. The van der Waals surface area contributed by atoms with Crippen LogP contribution in [0.25, 0.3) is 0 Å². The number of epoxide rings is 1. The van der Waals surface area contributed by atoms with Crippen molar-refractivity contribution in [1.29, 1.82) is 0 Å². The van der Waals surface area contributed by atoms with E-state index >= 15 is 0 Å². The van der Waals surface area contributed by atoms with Gasteiger partial charge in [0.15, 0.2) is 11.4 Å². The summed E-state index contributed by atoms with van der Waals surface area (Å²) in [5, 5.41) is 10.3. The fourth-order valence-corrected chi connectivity index (χ4v) is 3.00. The van der Waals surface area contributed by atoms with E-state index in [9.17, 15) is 9.90 Å². The molecule has 3 atom stereocenters. The SMILES string of the molecule is O=C1CCC[C@H]2O[C@@]12[C@H](O)CCc1ccccc1. The third kappa shape index (κ3) is 1.88. The van der Waals surface area contributed by atoms with E-state index in [-0.39, 0.29) is 11.9 Å². The van der Waals surface area contributed by atoms with Crippen LogP contribution in [0.15, 0.2) is 30.3 Å². The van der Waals surface area contributed by atoms with E-state index in [1.807, 2.05) is 30.3 Å². The van der Waals surface area contributed by atoms with E-state index in [0.29, 0.717) is 12.8 Å². The number of Topliss-reactive ketones (excluding diaryl/α,β-unsaturated/α-hetero) is 1. The molecule has 18 heavy (non-hydrogen) atoms. The molecule has 96 valence electrons. The van der Waals surface area contributed by atoms with Gasteiger partial charge in [0.2, 0.25) is 0 Å². The normalized spacial score (nSPS) is 31.8. The Kier molecular flexibility index (Phi) is 2.96. The summed E-state index contributed by atoms with van der Waals surface area (Å²) in [6.45, 7) is 0. The van der Waals surface area contributed by atoms with Crippen LogP contribution in [0.5, 0.6) is 0 Å². The summed E-state index contributed by atoms with van der Waals surface area (Å²) in [6.07, 6.45) is 3.06. The van der Waals surface area contributed by atoms with Gasteiger partial charge < -0.3 is 9.84 Å². The van der Waals surface area contributed by atoms with E-state index in [1.165, 1.54) is 5.56 Å². The van der Waals surface area contributed by atoms with Crippen LogP contribution < -0.4 is 0 Å². The molecule has 0 unspecified atom stereocenters. The minimum absolute atomic E-state index is 0.0236. The zero-order chi connectivity index (χ0) is 12.6. The molecule has 3 nitrogen and oxygen atoms in total. The predicted octanol–water partition coefficient (Wildman–Crippen LogP) is 1.87. The number of hydrogen-bond acceptors (Lipinski definition) is 3. The number of benzene rings is 1. The number of rotatable bonds is 4. The summed E-state index contributed by atoms with van der Waals surface area (Å²) in [5.74, 6) is 0.0966. The van der Waals surface area contributed by atoms with Gasteiger partial charge in [0.1, 0.15) is 0 Å². The molecule has 0 amide bonds. The highest BCUT2D eigenvalue weighted by Crippen LogP contribution is 2.48. The zero-order valence-electron chi connectivity index (χ0n) is 10.3. The number of ether oxygens (including phenoxy) is 1. The van der Waals surface area contributed by atoms with Crippen molar-refractivity contribution in [2.24, 2.45) is 0 Å². The Labute approximate surface area is 107 Å². The molecule has 1 saturated heterocycles. The summed E-state index contributed by atoms with van der Waals surface area (Å²) in [4.78, 5) is 11.9. The number of fused-ring (bicyclic) bond motifs is 1. The van der Waals surface area contributed by atoms with E-state index in [4.69, 9.17) is 4.74 Å². The average molecular weight is 246 g/mol. The Morgan fingerprint density at radius 2 is 2.17 bits per heavy atom. The second-order valence-electron chi connectivity index (χ2n) is 5.26. The molecule has 2 fully saturated rings. The molecule has 1 aromatic rings. The Balaban J connectivity index is 1.62. The largest absolute Gasteiger partial charge is 0.390 e. The van der Waals surface area contributed by atoms with E-state index < -0.39 is 11.7 Å². The number of hydrogen-bond donors (Lipinski definition) is 1. The quantitative estimate of drug-likeness (QED) is 0.825. The number of aliphatic hydroxyl groups excluding tert-OH is 1. The molecule has 1 heterocycles. The summed E-state index contributed by atoms with van der Waals surface area (Å²) >= 11 is 0. The molecule has 1 N–H and O–H groups in total. The highest BCUT2D eigenvalue weighted by Gasteiger charge is 2.66. The maximum atomic E-state index is 11.9. The smallest absolute Gasteiger partial charge is 0.178 e. The topological polar surface area (TPSA) is 49.8 Å². The number of aryl methyl sites for hydroxylation is 1. The van der Waals surface area contributed by atoms with Gasteiger partial charge in [0.05, 0.1) is 12.2 Å². The van der Waals surface area contributed by atoms with Gasteiger partial charge in [-0.1, -0.05) is 30.3 Å². The number of aliphatic hydroxyl groups is 1. The fraction of sp³-hybridized carbons (Fsp3) is 0.533. The lowest BCUT2D eigenvalue weighted by Crippen LogP contribution is -2.42. The first-order chi connectivity index (χ1) is 8.73. The van der Waals surface area contributed by atoms with Gasteiger partial charge in [-0.3, -0.25) is 4.79 Å². The van der Waals surface area contributed by atoms with Crippen molar-refractivity contribution in [3.63, 3.8) is 0 Å². The summed E-state index contributed by atoms with van der Waals surface area (Å²) < 4.78 is 5.53. The Morgan fingerprint density at radius 3 is 2.89 bits per heavy atom. The maximum absolute atomic E-state index is 11.9. The third-order valence-electron chi connectivity index (χ3n) is 4.11. The second-order valence-corrected chi connectivity index (χ2v) is 5.26. The van der Waals surface area contributed by atoms with Crippen molar-refractivity contribution in [2.75, 3.05) is 0 Å². The zero-order valence-corrected chi connectivity index (χ0v) is 10.3. The number of carbonyl (C=O) groups excluding carboxylic acids is 1. The molecule has 3 heteroatoms. The minimum atomic E-state index is -0.840. The number of carbonyl (C=O) groups is 1. The van der Waals surface area contributed by atoms with Crippen molar-refractivity contribution >= 4 is 5.78 Å². The molecule has 1 saturated carbocycles. The lowest BCUT2D eigenvalue weighted by molar-refractivity contribution is -0.129. The van der Waals surface area contributed by atoms with Gasteiger partial charge >= 0.3 is 0 Å². The van der Waals surface area contributed by atoms with E-state index in [2.05, 4.69) is 0 Å². The molecule has 3 rings (SSSR count). The van der Waals surface area contributed by atoms with Crippen molar-refractivity contribution in [2.45, 2.75) is 49.9 Å². The second kappa shape index (κ2) is 4.48. The first-order valence-corrected chi connectivity index (χ1v) is 6.66. The predicted molar refractivity (Wildman–Crippen MR) is 67.2 cm³/mol. The van der Waals surface area contributed by atoms with Crippen LogP contribution in [-0.2, 0) is 16.0 Å². The molecular formula is C15H18O3. The van der Waals surface area contributed by atoms with E-state index in [0.717, 1.165) is 19.3 Å². The molecule has 0 radical (unpaired) electrons. The molecule has 2 aliphatic rings. The lowest BCUT2D eigenvalue weighted by Gasteiger charge is -2.21. The van der Waals surface area contributed by atoms with Crippen LogP contribution in [0.4, 0.5) is 0 Å². The number of ketones is 1. The maximum Gasteiger partial charge on any atom is 0.178 e. The minimum Gasteiger partial charge on any atom is -0.390 e. The molecule has 0 aromatic heterocycles.